The number of aryl methyl sites for hydroxylation is 1. The molecule has 15 heavy (non-hydrogen) atoms. The average molecular weight is 203 g/mol. The molecule has 5 nitrogen and oxygen atoms in total. The van der Waals surface area contributed by atoms with E-state index in [1.807, 2.05) is 45.0 Å². The van der Waals surface area contributed by atoms with E-state index in [1.165, 1.54) is 0 Å². The molecule has 0 fully saturated rings. The van der Waals surface area contributed by atoms with Crippen LogP contribution in [0.4, 0.5) is 0 Å². The first-order valence-electron chi connectivity index (χ1n) is 4.67. The number of hydrogen-bond acceptors (Lipinski definition) is 3. The molecule has 0 saturated heterocycles. The molecule has 0 amide bonds. The van der Waals surface area contributed by atoms with Gasteiger partial charge in [0.25, 0.3) is 0 Å². The number of nitrogens with zero attached hydrogens (tertiary/aromatic N) is 4. The maximum atomic E-state index is 4.12. The molecule has 2 heterocycles. The number of hydrogen-bond donors (Lipinski definition) is 1. The first-order chi connectivity index (χ1) is 7.29. The molecule has 0 bridgehead atoms. The predicted octanol–water partition coefficient (Wildman–Crippen LogP) is 0.792. The normalized spacial score (nSPS) is 11.7. The molecule has 0 aliphatic rings. The second kappa shape index (κ2) is 4.00. The lowest BCUT2D eigenvalue weighted by Gasteiger charge is -2.03. The van der Waals surface area contributed by atoms with E-state index in [2.05, 4.69) is 15.5 Å². The summed E-state index contributed by atoms with van der Waals surface area (Å²) in [6.07, 6.45) is 9.30. The number of nitrogens with one attached hydrogen (secondary N) is 1. The highest BCUT2D eigenvalue weighted by atomic mass is 15.3. The minimum absolute atomic E-state index is 0.979. The van der Waals surface area contributed by atoms with Gasteiger partial charge < -0.3 is 5.32 Å². The smallest absolute Gasteiger partial charge is 0.0629 e. The van der Waals surface area contributed by atoms with Crippen LogP contribution >= 0.6 is 0 Å². The fraction of sp³-hybridized carbons (Fsp3) is 0.200. The first-order valence-corrected chi connectivity index (χ1v) is 4.67. The van der Waals surface area contributed by atoms with E-state index in [1.54, 1.807) is 15.6 Å². The lowest BCUT2D eigenvalue weighted by molar-refractivity contribution is 0.767. The number of aromatic nitrogens is 4. The summed E-state index contributed by atoms with van der Waals surface area (Å²) in [5.41, 5.74) is 2.02. The Balaban J connectivity index is 2.32. The topological polar surface area (TPSA) is 47.7 Å². The van der Waals surface area contributed by atoms with Crippen molar-refractivity contribution in [2.45, 2.75) is 0 Å². The molecule has 2 aromatic heterocycles. The average Bonchev–Trinajstić information content (AvgIpc) is 2.85. The Bertz CT molecular complexity index is 452. The highest BCUT2D eigenvalue weighted by Crippen LogP contribution is 2.10. The molecule has 1 N–H and O–H groups in total. The third-order valence-corrected chi connectivity index (χ3v) is 2.07. The van der Waals surface area contributed by atoms with E-state index in [0.717, 1.165) is 11.3 Å². The Morgan fingerprint density at radius 3 is 2.87 bits per heavy atom. The maximum Gasteiger partial charge on any atom is 0.0629 e. The van der Waals surface area contributed by atoms with E-state index in [4.69, 9.17) is 0 Å². The van der Waals surface area contributed by atoms with Crippen LogP contribution in [0.15, 0.2) is 30.9 Å². The molecule has 5 heteroatoms. The predicted molar refractivity (Wildman–Crippen MR) is 58.7 cm³/mol. The molecule has 78 valence electrons. The summed E-state index contributed by atoms with van der Waals surface area (Å²) in [5.74, 6) is 0. The highest BCUT2D eigenvalue weighted by molar-refractivity contribution is 5.72. The van der Waals surface area contributed by atoms with Crippen molar-refractivity contribution in [3.05, 3.63) is 36.4 Å². The van der Waals surface area contributed by atoms with Crippen LogP contribution < -0.4 is 5.32 Å². The van der Waals surface area contributed by atoms with E-state index >= 15 is 0 Å². The molecular weight excluding hydrogens is 190 g/mol. The molecule has 2 aromatic rings. The Kier molecular flexibility index (Phi) is 2.53. The van der Waals surface area contributed by atoms with Gasteiger partial charge in [0.05, 0.1) is 18.1 Å². The standard InChI is InChI=1S/C10H13N5/c1-11-10(8-15-5-3-4-12-15)9-6-13-14(2)7-9/h3-8,11H,1-2H3/b10-8-. The zero-order chi connectivity index (χ0) is 10.7. The van der Waals surface area contributed by atoms with Gasteiger partial charge in [-0.15, -0.1) is 0 Å². The SMILES string of the molecule is CN/C(=C\n1cccn1)c1cnn(C)c1. The van der Waals surface area contributed by atoms with Crippen molar-refractivity contribution in [2.24, 2.45) is 7.05 Å². The molecule has 0 saturated carbocycles. The summed E-state index contributed by atoms with van der Waals surface area (Å²) in [6.45, 7) is 0. The van der Waals surface area contributed by atoms with Gasteiger partial charge in [0.1, 0.15) is 0 Å². The molecule has 0 spiro atoms. The van der Waals surface area contributed by atoms with Gasteiger partial charge in [-0.3, -0.25) is 4.68 Å². The summed E-state index contributed by atoms with van der Waals surface area (Å²) in [7, 11) is 3.77. The molecule has 0 aliphatic heterocycles. The van der Waals surface area contributed by atoms with E-state index in [9.17, 15) is 0 Å². The van der Waals surface area contributed by atoms with Gasteiger partial charge in [-0.05, 0) is 6.07 Å². The zero-order valence-electron chi connectivity index (χ0n) is 8.75. The van der Waals surface area contributed by atoms with Crippen LogP contribution in [0.2, 0.25) is 0 Å². The second-order valence-electron chi connectivity index (χ2n) is 3.18. The molecule has 0 aromatic carbocycles. The van der Waals surface area contributed by atoms with Crippen molar-refractivity contribution in [3.8, 4) is 0 Å². The molecule has 2 rings (SSSR count). The fourth-order valence-electron chi connectivity index (χ4n) is 1.33. The van der Waals surface area contributed by atoms with Gasteiger partial charge in [-0.25, -0.2) is 4.68 Å². The quantitative estimate of drug-likeness (QED) is 0.802. The Morgan fingerprint density at radius 2 is 2.33 bits per heavy atom. The Labute approximate surface area is 88.0 Å². The molecule has 0 unspecified atom stereocenters. The van der Waals surface area contributed by atoms with Crippen molar-refractivity contribution in [3.63, 3.8) is 0 Å². The largest absolute Gasteiger partial charge is 0.386 e. The van der Waals surface area contributed by atoms with E-state index < -0.39 is 0 Å². The monoisotopic (exact) mass is 203 g/mol. The third kappa shape index (κ3) is 2.07. The van der Waals surface area contributed by atoms with Gasteiger partial charge in [0.2, 0.25) is 0 Å². The third-order valence-electron chi connectivity index (χ3n) is 2.07. The lowest BCUT2D eigenvalue weighted by Crippen LogP contribution is -2.05. The van der Waals surface area contributed by atoms with Crippen LogP contribution in [-0.4, -0.2) is 26.6 Å². The van der Waals surface area contributed by atoms with Crippen LogP contribution in [0.1, 0.15) is 5.56 Å². The van der Waals surface area contributed by atoms with Crippen LogP contribution in [0.5, 0.6) is 0 Å². The van der Waals surface area contributed by atoms with Gasteiger partial charge in [0.15, 0.2) is 0 Å². The summed E-state index contributed by atoms with van der Waals surface area (Å²) in [4.78, 5) is 0. The molecule has 0 radical (unpaired) electrons. The van der Waals surface area contributed by atoms with Crippen molar-refractivity contribution >= 4 is 11.9 Å². The first kappa shape index (κ1) is 9.51. The fourth-order valence-corrected chi connectivity index (χ4v) is 1.33. The van der Waals surface area contributed by atoms with Gasteiger partial charge in [0, 0.05) is 38.2 Å². The Morgan fingerprint density at radius 1 is 1.47 bits per heavy atom. The summed E-state index contributed by atoms with van der Waals surface area (Å²) < 4.78 is 3.52. The van der Waals surface area contributed by atoms with Crippen LogP contribution in [0, 0.1) is 0 Å². The summed E-state index contributed by atoms with van der Waals surface area (Å²) >= 11 is 0. The minimum Gasteiger partial charge on any atom is -0.386 e. The number of rotatable bonds is 3. The highest BCUT2D eigenvalue weighted by Gasteiger charge is 2.01. The lowest BCUT2D eigenvalue weighted by atomic mass is 10.3. The van der Waals surface area contributed by atoms with Gasteiger partial charge in [-0.2, -0.15) is 10.2 Å². The minimum atomic E-state index is 0.979. The van der Waals surface area contributed by atoms with E-state index in [0.29, 0.717) is 0 Å². The molecule has 0 atom stereocenters. The van der Waals surface area contributed by atoms with Crippen LogP contribution in [0.3, 0.4) is 0 Å². The van der Waals surface area contributed by atoms with Crippen molar-refractivity contribution in [1.29, 1.82) is 0 Å². The van der Waals surface area contributed by atoms with Crippen LogP contribution in [-0.2, 0) is 7.05 Å². The van der Waals surface area contributed by atoms with Gasteiger partial charge in [-0.1, -0.05) is 0 Å². The van der Waals surface area contributed by atoms with Gasteiger partial charge >= 0.3 is 0 Å². The van der Waals surface area contributed by atoms with Crippen molar-refractivity contribution < 1.29 is 0 Å². The van der Waals surface area contributed by atoms with Crippen LogP contribution in [0.25, 0.3) is 11.9 Å². The molecular formula is C10H13N5. The second-order valence-corrected chi connectivity index (χ2v) is 3.18. The van der Waals surface area contributed by atoms with E-state index in [-0.39, 0.29) is 0 Å². The summed E-state index contributed by atoms with van der Waals surface area (Å²) in [5, 5.41) is 11.3. The summed E-state index contributed by atoms with van der Waals surface area (Å²) in [6, 6.07) is 1.88. The zero-order valence-corrected chi connectivity index (χ0v) is 8.75. The molecule has 0 aliphatic carbocycles. The Hall–Kier alpha value is -2.04. The van der Waals surface area contributed by atoms with Crippen molar-refractivity contribution in [1.82, 2.24) is 24.9 Å². The van der Waals surface area contributed by atoms with Crippen molar-refractivity contribution in [2.75, 3.05) is 7.05 Å². The maximum absolute atomic E-state index is 4.12.